The average Bonchev–Trinajstić information content (AvgIpc) is 2.25. The largest absolute Gasteiger partial charge is 0.398 e. The van der Waals surface area contributed by atoms with Crippen LogP contribution in [0.15, 0.2) is 30.4 Å². The number of benzene rings is 1. The summed E-state index contributed by atoms with van der Waals surface area (Å²) >= 11 is 6.01. The van der Waals surface area contributed by atoms with E-state index in [4.69, 9.17) is 17.3 Å². The van der Waals surface area contributed by atoms with Crippen molar-refractivity contribution >= 4 is 23.2 Å². The molecule has 1 rings (SSSR count). The summed E-state index contributed by atoms with van der Waals surface area (Å²) in [6.45, 7) is 8.70. The predicted molar refractivity (Wildman–Crippen MR) is 72.3 cm³/mol. The molecule has 2 N–H and O–H groups in total. The third kappa shape index (κ3) is 3.24. The van der Waals surface area contributed by atoms with Crippen LogP contribution in [-0.2, 0) is 0 Å². The molecule has 0 saturated carbocycles. The average molecular weight is 253 g/mol. The lowest BCUT2D eigenvalue weighted by atomic mass is 10.1. The van der Waals surface area contributed by atoms with Crippen LogP contribution < -0.4 is 5.73 Å². The van der Waals surface area contributed by atoms with Crippen LogP contribution in [0.4, 0.5) is 5.69 Å². The molecule has 92 valence electrons. The molecule has 0 aliphatic carbocycles. The van der Waals surface area contributed by atoms with Crippen LogP contribution in [0.25, 0.3) is 0 Å². The molecule has 0 aromatic heterocycles. The van der Waals surface area contributed by atoms with Crippen LogP contribution in [0.1, 0.15) is 24.2 Å². The van der Waals surface area contributed by atoms with Gasteiger partial charge in [0.25, 0.3) is 5.91 Å². The van der Waals surface area contributed by atoms with E-state index in [-0.39, 0.29) is 5.91 Å². The molecule has 0 aliphatic rings. The van der Waals surface area contributed by atoms with Crippen LogP contribution >= 0.6 is 11.6 Å². The molecule has 0 saturated heterocycles. The highest BCUT2D eigenvalue weighted by Crippen LogP contribution is 2.23. The SMILES string of the molecule is C=C(C)CN(CC)C(=O)c1c(N)cccc1Cl. The third-order valence-corrected chi connectivity index (χ3v) is 2.70. The summed E-state index contributed by atoms with van der Waals surface area (Å²) in [4.78, 5) is 13.9. The number of anilines is 1. The van der Waals surface area contributed by atoms with Crippen LogP contribution in [0, 0.1) is 0 Å². The number of carbonyl (C=O) groups is 1. The number of amides is 1. The number of nitrogens with two attached hydrogens (primary N) is 1. The highest BCUT2D eigenvalue weighted by Gasteiger charge is 2.19. The molecule has 3 nitrogen and oxygen atoms in total. The van der Waals surface area contributed by atoms with E-state index in [0.717, 1.165) is 5.57 Å². The first kappa shape index (κ1) is 13.6. The maximum absolute atomic E-state index is 12.3. The number of hydrogen-bond donors (Lipinski definition) is 1. The van der Waals surface area contributed by atoms with Gasteiger partial charge in [-0.25, -0.2) is 0 Å². The first-order valence-corrected chi connectivity index (χ1v) is 5.82. The van der Waals surface area contributed by atoms with E-state index >= 15 is 0 Å². The van der Waals surface area contributed by atoms with Gasteiger partial charge in [-0.05, 0) is 26.0 Å². The van der Waals surface area contributed by atoms with Crippen LogP contribution in [-0.4, -0.2) is 23.9 Å². The molecule has 1 amide bonds. The minimum atomic E-state index is -0.154. The summed E-state index contributed by atoms with van der Waals surface area (Å²) in [5.41, 5.74) is 7.49. The van der Waals surface area contributed by atoms with Crippen LogP contribution in [0.5, 0.6) is 0 Å². The Kier molecular flexibility index (Phi) is 4.58. The zero-order valence-electron chi connectivity index (χ0n) is 10.2. The summed E-state index contributed by atoms with van der Waals surface area (Å²) in [6, 6.07) is 5.07. The summed E-state index contributed by atoms with van der Waals surface area (Å²) in [6.07, 6.45) is 0. The van der Waals surface area contributed by atoms with Crippen molar-refractivity contribution < 1.29 is 4.79 Å². The van der Waals surface area contributed by atoms with Gasteiger partial charge in [0.05, 0.1) is 10.6 Å². The molecule has 0 heterocycles. The molecule has 0 atom stereocenters. The normalized spacial score (nSPS) is 10.1. The first-order chi connectivity index (χ1) is 7.97. The van der Waals surface area contributed by atoms with Crippen molar-refractivity contribution in [1.82, 2.24) is 4.90 Å². The summed E-state index contributed by atoms with van der Waals surface area (Å²) in [7, 11) is 0. The van der Waals surface area contributed by atoms with Gasteiger partial charge in [-0.15, -0.1) is 0 Å². The maximum Gasteiger partial charge on any atom is 0.257 e. The number of halogens is 1. The highest BCUT2D eigenvalue weighted by molar-refractivity contribution is 6.34. The molecule has 4 heteroatoms. The number of nitrogens with zero attached hydrogens (tertiary/aromatic N) is 1. The van der Waals surface area contributed by atoms with E-state index in [1.807, 2.05) is 13.8 Å². The molecule has 17 heavy (non-hydrogen) atoms. The van der Waals surface area contributed by atoms with E-state index < -0.39 is 0 Å². The Morgan fingerprint density at radius 1 is 1.53 bits per heavy atom. The Morgan fingerprint density at radius 2 is 2.18 bits per heavy atom. The number of hydrogen-bond acceptors (Lipinski definition) is 2. The molecule has 0 radical (unpaired) electrons. The fourth-order valence-electron chi connectivity index (χ4n) is 1.58. The zero-order valence-corrected chi connectivity index (χ0v) is 10.9. The lowest BCUT2D eigenvalue weighted by Gasteiger charge is -2.22. The smallest absolute Gasteiger partial charge is 0.257 e. The Labute approximate surface area is 107 Å². The Hall–Kier alpha value is -1.48. The first-order valence-electron chi connectivity index (χ1n) is 5.45. The Bertz CT molecular complexity index is 423. The van der Waals surface area contributed by atoms with Gasteiger partial charge in [0.15, 0.2) is 0 Å². The molecule has 0 aliphatic heterocycles. The van der Waals surface area contributed by atoms with E-state index in [1.165, 1.54) is 0 Å². The Balaban J connectivity index is 3.06. The van der Waals surface area contributed by atoms with Gasteiger partial charge >= 0.3 is 0 Å². The lowest BCUT2D eigenvalue weighted by molar-refractivity contribution is 0.0779. The predicted octanol–water partition coefficient (Wildman–Crippen LogP) is 2.96. The molecule has 1 aromatic rings. The van der Waals surface area contributed by atoms with Crippen molar-refractivity contribution in [3.05, 3.63) is 40.9 Å². The molecule has 0 fully saturated rings. The number of rotatable bonds is 4. The Morgan fingerprint density at radius 3 is 2.65 bits per heavy atom. The van der Waals surface area contributed by atoms with Crippen molar-refractivity contribution in [1.29, 1.82) is 0 Å². The maximum atomic E-state index is 12.3. The van der Waals surface area contributed by atoms with Crippen molar-refractivity contribution in [2.24, 2.45) is 0 Å². The quantitative estimate of drug-likeness (QED) is 0.662. The van der Waals surface area contributed by atoms with E-state index in [0.29, 0.717) is 29.4 Å². The summed E-state index contributed by atoms with van der Waals surface area (Å²) < 4.78 is 0. The zero-order chi connectivity index (χ0) is 13.0. The highest BCUT2D eigenvalue weighted by atomic mass is 35.5. The molecular formula is C13H17ClN2O. The van der Waals surface area contributed by atoms with Gasteiger partial charge < -0.3 is 10.6 Å². The topological polar surface area (TPSA) is 46.3 Å². The van der Waals surface area contributed by atoms with Gasteiger partial charge in [0.1, 0.15) is 0 Å². The number of likely N-dealkylation sites (N-methyl/N-ethyl adjacent to an activating group) is 1. The minimum Gasteiger partial charge on any atom is -0.398 e. The number of nitrogen functional groups attached to an aromatic ring is 1. The monoisotopic (exact) mass is 252 g/mol. The second kappa shape index (κ2) is 5.73. The van der Waals surface area contributed by atoms with Crippen molar-refractivity contribution in [3.63, 3.8) is 0 Å². The minimum absolute atomic E-state index is 0.154. The van der Waals surface area contributed by atoms with Crippen LogP contribution in [0.3, 0.4) is 0 Å². The second-order valence-corrected chi connectivity index (χ2v) is 4.39. The molecule has 1 aromatic carbocycles. The van der Waals surface area contributed by atoms with Crippen molar-refractivity contribution in [3.8, 4) is 0 Å². The second-order valence-electron chi connectivity index (χ2n) is 3.98. The van der Waals surface area contributed by atoms with Gasteiger partial charge in [-0.1, -0.05) is 29.8 Å². The standard InChI is InChI=1S/C13H17ClN2O/c1-4-16(8-9(2)3)13(17)12-10(14)6-5-7-11(12)15/h5-7H,2,4,8,15H2,1,3H3. The molecule has 0 spiro atoms. The van der Waals surface area contributed by atoms with Crippen LogP contribution in [0.2, 0.25) is 5.02 Å². The molecule has 0 bridgehead atoms. The van der Waals surface area contributed by atoms with Gasteiger partial charge in [-0.3, -0.25) is 4.79 Å². The number of carbonyl (C=O) groups excluding carboxylic acids is 1. The van der Waals surface area contributed by atoms with Gasteiger partial charge in [0.2, 0.25) is 0 Å². The lowest BCUT2D eigenvalue weighted by Crippen LogP contribution is -2.32. The van der Waals surface area contributed by atoms with Gasteiger partial charge in [0, 0.05) is 18.8 Å². The molecule has 0 unspecified atom stereocenters. The third-order valence-electron chi connectivity index (χ3n) is 2.39. The van der Waals surface area contributed by atoms with E-state index in [2.05, 4.69) is 6.58 Å². The molecular weight excluding hydrogens is 236 g/mol. The van der Waals surface area contributed by atoms with Gasteiger partial charge in [-0.2, -0.15) is 0 Å². The summed E-state index contributed by atoms with van der Waals surface area (Å²) in [5.74, 6) is -0.154. The fourth-order valence-corrected chi connectivity index (χ4v) is 1.84. The fraction of sp³-hybridized carbons (Fsp3) is 0.308. The van der Waals surface area contributed by atoms with Crippen molar-refractivity contribution in [2.75, 3.05) is 18.8 Å². The summed E-state index contributed by atoms with van der Waals surface area (Å²) in [5, 5.41) is 0.384. The van der Waals surface area contributed by atoms with E-state index in [1.54, 1.807) is 23.1 Å². The van der Waals surface area contributed by atoms with Crippen molar-refractivity contribution in [2.45, 2.75) is 13.8 Å². The van der Waals surface area contributed by atoms with E-state index in [9.17, 15) is 4.79 Å².